The molecule has 0 saturated carbocycles. The highest BCUT2D eigenvalue weighted by Crippen LogP contribution is 2.25. The predicted octanol–water partition coefficient (Wildman–Crippen LogP) is 4.21. The molecule has 0 aliphatic rings. The molecule has 0 aliphatic carbocycles. The van der Waals surface area contributed by atoms with E-state index in [1.165, 1.54) is 11.1 Å². The second kappa shape index (κ2) is 4.97. The number of hydrogen-bond donors (Lipinski definition) is 0. The molecule has 0 heterocycles. The SMILES string of the molecule is CCc1ccccc1CC(C)(C)CBr. The summed E-state index contributed by atoms with van der Waals surface area (Å²) in [6.45, 7) is 6.82. The topological polar surface area (TPSA) is 0 Å². The van der Waals surface area contributed by atoms with Gasteiger partial charge in [-0.3, -0.25) is 0 Å². The molecule has 0 unspecified atom stereocenters. The lowest BCUT2D eigenvalue weighted by molar-refractivity contribution is 0.423. The van der Waals surface area contributed by atoms with Crippen LogP contribution in [0, 0.1) is 5.41 Å². The van der Waals surface area contributed by atoms with Crippen LogP contribution < -0.4 is 0 Å². The Kier molecular flexibility index (Phi) is 4.18. The Morgan fingerprint density at radius 3 is 2.21 bits per heavy atom. The molecule has 1 aromatic carbocycles. The number of rotatable bonds is 4. The molecule has 1 aromatic rings. The molecule has 0 amide bonds. The van der Waals surface area contributed by atoms with Gasteiger partial charge in [0.2, 0.25) is 0 Å². The third-order valence-corrected chi connectivity index (χ3v) is 4.05. The van der Waals surface area contributed by atoms with Crippen LogP contribution in [0.3, 0.4) is 0 Å². The summed E-state index contributed by atoms with van der Waals surface area (Å²) in [5, 5.41) is 1.05. The van der Waals surface area contributed by atoms with Crippen molar-refractivity contribution in [3.63, 3.8) is 0 Å². The summed E-state index contributed by atoms with van der Waals surface area (Å²) in [7, 11) is 0. The molecule has 1 rings (SSSR count). The summed E-state index contributed by atoms with van der Waals surface area (Å²) in [5.41, 5.74) is 3.34. The van der Waals surface area contributed by atoms with E-state index in [4.69, 9.17) is 0 Å². The third-order valence-electron chi connectivity index (χ3n) is 2.53. The van der Waals surface area contributed by atoms with Crippen molar-refractivity contribution in [3.8, 4) is 0 Å². The summed E-state index contributed by atoms with van der Waals surface area (Å²) in [4.78, 5) is 0. The summed E-state index contributed by atoms with van der Waals surface area (Å²) in [5.74, 6) is 0. The number of hydrogen-bond acceptors (Lipinski definition) is 0. The van der Waals surface area contributed by atoms with E-state index in [0.717, 1.165) is 18.2 Å². The van der Waals surface area contributed by atoms with E-state index in [2.05, 4.69) is 61.0 Å². The smallest absolute Gasteiger partial charge is 0.00858 e. The van der Waals surface area contributed by atoms with Gasteiger partial charge in [0.05, 0.1) is 0 Å². The fourth-order valence-corrected chi connectivity index (χ4v) is 1.84. The molecule has 0 saturated heterocycles. The van der Waals surface area contributed by atoms with Gasteiger partial charge in [0, 0.05) is 5.33 Å². The van der Waals surface area contributed by atoms with Gasteiger partial charge in [-0.05, 0) is 29.4 Å². The molecular weight excluding hydrogens is 236 g/mol. The van der Waals surface area contributed by atoms with Gasteiger partial charge in [0.1, 0.15) is 0 Å². The molecule has 0 spiro atoms. The maximum Gasteiger partial charge on any atom is 0.00858 e. The lowest BCUT2D eigenvalue weighted by Crippen LogP contribution is -2.17. The summed E-state index contributed by atoms with van der Waals surface area (Å²) in [6.07, 6.45) is 2.29. The van der Waals surface area contributed by atoms with Crippen molar-refractivity contribution < 1.29 is 0 Å². The van der Waals surface area contributed by atoms with E-state index in [-0.39, 0.29) is 0 Å². The zero-order chi connectivity index (χ0) is 10.6. The maximum atomic E-state index is 3.57. The third kappa shape index (κ3) is 3.13. The zero-order valence-electron chi connectivity index (χ0n) is 9.31. The Balaban J connectivity index is 2.85. The molecular formula is C13H19Br. The quantitative estimate of drug-likeness (QED) is 0.707. The van der Waals surface area contributed by atoms with Gasteiger partial charge in [-0.15, -0.1) is 0 Å². The van der Waals surface area contributed by atoms with Crippen molar-refractivity contribution in [2.75, 3.05) is 5.33 Å². The van der Waals surface area contributed by atoms with Crippen LogP contribution in [0.5, 0.6) is 0 Å². The number of alkyl halides is 1. The molecule has 0 radical (unpaired) electrons. The van der Waals surface area contributed by atoms with Crippen LogP contribution in [0.25, 0.3) is 0 Å². The number of aryl methyl sites for hydroxylation is 1. The molecule has 0 bridgehead atoms. The fourth-order valence-electron chi connectivity index (χ4n) is 1.64. The first kappa shape index (κ1) is 11.8. The molecule has 78 valence electrons. The van der Waals surface area contributed by atoms with Gasteiger partial charge in [0.25, 0.3) is 0 Å². The van der Waals surface area contributed by atoms with Gasteiger partial charge in [-0.2, -0.15) is 0 Å². The molecule has 14 heavy (non-hydrogen) atoms. The van der Waals surface area contributed by atoms with Crippen molar-refractivity contribution >= 4 is 15.9 Å². The van der Waals surface area contributed by atoms with Crippen molar-refractivity contribution in [1.29, 1.82) is 0 Å². The standard InChI is InChI=1S/C13H19Br/c1-4-11-7-5-6-8-12(11)9-13(2,3)10-14/h5-8H,4,9-10H2,1-3H3. The molecule has 0 N–H and O–H groups in total. The first-order valence-electron chi connectivity index (χ1n) is 5.22. The molecule has 0 atom stereocenters. The van der Waals surface area contributed by atoms with Crippen molar-refractivity contribution in [1.82, 2.24) is 0 Å². The average Bonchev–Trinajstić information content (AvgIpc) is 2.18. The number of benzene rings is 1. The Morgan fingerprint density at radius 1 is 1.14 bits per heavy atom. The van der Waals surface area contributed by atoms with Crippen LogP contribution in [0.4, 0.5) is 0 Å². The van der Waals surface area contributed by atoms with Gasteiger partial charge < -0.3 is 0 Å². The first-order valence-corrected chi connectivity index (χ1v) is 6.34. The van der Waals surface area contributed by atoms with E-state index < -0.39 is 0 Å². The van der Waals surface area contributed by atoms with Gasteiger partial charge in [-0.1, -0.05) is 61.0 Å². The Morgan fingerprint density at radius 2 is 1.71 bits per heavy atom. The van der Waals surface area contributed by atoms with Crippen molar-refractivity contribution in [2.24, 2.45) is 5.41 Å². The van der Waals surface area contributed by atoms with Crippen LogP contribution in [0.15, 0.2) is 24.3 Å². The summed E-state index contributed by atoms with van der Waals surface area (Å²) in [6, 6.07) is 8.76. The Hall–Kier alpha value is -0.300. The minimum absolute atomic E-state index is 0.352. The van der Waals surface area contributed by atoms with E-state index >= 15 is 0 Å². The number of halogens is 1. The average molecular weight is 255 g/mol. The minimum Gasteiger partial charge on any atom is -0.0922 e. The first-order chi connectivity index (χ1) is 6.59. The van der Waals surface area contributed by atoms with Crippen molar-refractivity contribution in [2.45, 2.75) is 33.6 Å². The van der Waals surface area contributed by atoms with Crippen LogP contribution in [0.1, 0.15) is 31.9 Å². The predicted molar refractivity (Wildman–Crippen MR) is 67.1 cm³/mol. The summed E-state index contributed by atoms with van der Waals surface area (Å²) >= 11 is 3.57. The highest BCUT2D eigenvalue weighted by molar-refractivity contribution is 9.09. The minimum atomic E-state index is 0.352. The van der Waals surface area contributed by atoms with Crippen LogP contribution in [0.2, 0.25) is 0 Å². The lowest BCUT2D eigenvalue weighted by atomic mass is 9.86. The van der Waals surface area contributed by atoms with Crippen LogP contribution in [-0.4, -0.2) is 5.33 Å². The Labute approximate surface area is 95.9 Å². The summed E-state index contributed by atoms with van der Waals surface area (Å²) < 4.78 is 0. The largest absolute Gasteiger partial charge is 0.0922 e. The van der Waals surface area contributed by atoms with Gasteiger partial charge in [0.15, 0.2) is 0 Å². The van der Waals surface area contributed by atoms with E-state index in [1.54, 1.807) is 0 Å². The van der Waals surface area contributed by atoms with Crippen LogP contribution >= 0.6 is 15.9 Å². The normalized spacial score (nSPS) is 11.7. The van der Waals surface area contributed by atoms with E-state index in [1.807, 2.05) is 0 Å². The highest BCUT2D eigenvalue weighted by Gasteiger charge is 2.17. The van der Waals surface area contributed by atoms with E-state index in [9.17, 15) is 0 Å². The van der Waals surface area contributed by atoms with E-state index in [0.29, 0.717) is 5.41 Å². The zero-order valence-corrected chi connectivity index (χ0v) is 10.9. The molecule has 0 aromatic heterocycles. The molecule has 1 heteroatoms. The fraction of sp³-hybridized carbons (Fsp3) is 0.538. The second-order valence-corrected chi connectivity index (χ2v) is 5.16. The molecule has 0 fully saturated rings. The second-order valence-electron chi connectivity index (χ2n) is 4.60. The lowest BCUT2D eigenvalue weighted by Gasteiger charge is -2.23. The van der Waals surface area contributed by atoms with Crippen molar-refractivity contribution in [3.05, 3.63) is 35.4 Å². The van der Waals surface area contributed by atoms with Crippen LogP contribution in [-0.2, 0) is 12.8 Å². The maximum absolute atomic E-state index is 3.57. The molecule has 0 nitrogen and oxygen atoms in total. The van der Waals surface area contributed by atoms with Gasteiger partial charge in [-0.25, -0.2) is 0 Å². The Bertz CT molecular complexity index is 289. The van der Waals surface area contributed by atoms with Gasteiger partial charge >= 0.3 is 0 Å². The molecule has 0 aliphatic heterocycles. The monoisotopic (exact) mass is 254 g/mol. The highest BCUT2D eigenvalue weighted by atomic mass is 79.9.